The average molecular weight is 283 g/mol. The molecule has 0 unspecified atom stereocenters. The van der Waals surface area contributed by atoms with Gasteiger partial charge in [-0.3, -0.25) is 0 Å². The van der Waals surface area contributed by atoms with E-state index in [0.29, 0.717) is 3.42 Å². The van der Waals surface area contributed by atoms with Crippen LogP contribution in [-0.2, 0) is 0 Å². The molecule has 0 spiro atoms. The lowest BCUT2D eigenvalue weighted by molar-refractivity contribution is 0.565. The van der Waals surface area contributed by atoms with Crippen molar-refractivity contribution < 1.29 is 0 Å². The molecule has 0 amide bonds. The minimum absolute atomic E-state index is 0.454. The first kappa shape index (κ1) is 12.7. The van der Waals surface area contributed by atoms with Crippen LogP contribution in [0.5, 0.6) is 0 Å². The van der Waals surface area contributed by atoms with Crippen LogP contribution in [0.2, 0.25) is 0 Å². The van der Waals surface area contributed by atoms with E-state index >= 15 is 0 Å². The molecule has 0 saturated heterocycles. The summed E-state index contributed by atoms with van der Waals surface area (Å²) in [6, 6.07) is 0. The molecule has 0 rings (SSSR count). The third-order valence-electron chi connectivity index (χ3n) is 1.85. The van der Waals surface area contributed by atoms with E-state index in [4.69, 9.17) is 0 Å². The van der Waals surface area contributed by atoms with Crippen molar-refractivity contribution in [1.29, 1.82) is 0 Å². The van der Waals surface area contributed by atoms with Crippen molar-refractivity contribution in [2.24, 2.45) is 0 Å². The maximum absolute atomic E-state index is 3.47. The van der Waals surface area contributed by atoms with E-state index in [1.807, 2.05) is 0 Å². The minimum atomic E-state index is 0.454. The Balaban J connectivity index is 3.01. The number of hydrogen-bond donors (Lipinski definition) is 1. The van der Waals surface area contributed by atoms with Crippen LogP contribution < -0.4 is 5.32 Å². The topological polar surface area (TPSA) is 12.0 Å². The van der Waals surface area contributed by atoms with E-state index in [1.165, 1.54) is 38.8 Å². The van der Waals surface area contributed by atoms with E-state index < -0.39 is 0 Å². The zero-order valence-corrected chi connectivity index (χ0v) is 10.8. The highest BCUT2D eigenvalue weighted by Crippen LogP contribution is 2.19. The van der Waals surface area contributed by atoms with E-state index in [2.05, 4.69) is 48.7 Å². The minimum Gasteiger partial charge on any atom is -0.317 e. The van der Waals surface area contributed by atoms with Gasteiger partial charge >= 0.3 is 0 Å². The molecule has 0 bridgehead atoms. The van der Waals surface area contributed by atoms with Gasteiger partial charge in [-0.15, -0.1) is 0 Å². The Morgan fingerprint density at radius 1 is 1.17 bits per heavy atom. The first-order valence-corrected chi connectivity index (χ1v) is 6.04. The fourth-order valence-electron chi connectivity index (χ4n) is 1.01. The zero-order chi connectivity index (χ0) is 9.45. The third kappa shape index (κ3) is 10.7. The van der Waals surface area contributed by atoms with Crippen LogP contribution >= 0.6 is 22.6 Å². The first-order valence-electron chi connectivity index (χ1n) is 4.96. The molecule has 0 aromatic heterocycles. The lowest BCUT2D eigenvalue weighted by Gasteiger charge is -2.15. The maximum atomic E-state index is 3.47. The van der Waals surface area contributed by atoms with E-state index in [9.17, 15) is 0 Å². The molecule has 1 N–H and O–H groups in total. The van der Waals surface area contributed by atoms with Gasteiger partial charge in [-0.2, -0.15) is 0 Å². The van der Waals surface area contributed by atoms with Gasteiger partial charge < -0.3 is 5.32 Å². The van der Waals surface area contributed by atoms with Crippen molar-refractivity contribution in [3.63, 3.8) is 0 Å². The first-order chi connectivity index (χ1) is 5.56. The highest BCUT2D eigenvalue weighted by atomic mass is 127. The number of unbranched alkanes of at least 4 members (excludes halogenated alkanes) is 2. The summed E-state index contributed by atoms with van der Waals surface area (Å²) in [5.41, 5.74) is 0. The molecule has 0 aliphatic carbocycles. The van der Waals surface area contributed by atoms with Crippen molar-refractivity contribution in [2.75, 3.05) is 13.1 Å². The fourth-order valence-corrected chi connectivity index (χ4v) is 1.28. The summed E-state index contributed by atoms with van der Waals surface area (Å²) in [5, 5.41) is 3.47. The van der Waals surface area contributed by atoms with Gasteiger partial charge in [0.2, 0.25) is 0 Å². The number of alkyl halides is 1. The van der Waals surface area contributed by atoms with Crippen molar-refractivity contribution in [1.82, 2.24) is 5.32 Å². The highest BCUT2D eigenvalue weighted by Gasteiger charge is 2.10. The molecule has 2 heteroatoms. The molecule has 0 fully saturated rings. The quantitative estimate of drug-likeness (QED) is 0.429. The van der Waals surface area contributed by atoms with Crippen LogP contribution in [0.4, 0.5) is 0 Å². The molecule has 1 nitrogen and oxygen atoms in total. The molecule has 12 heavy (non-hydrogen) atoms. The fraction of sp³-hybridized carbons (Fsp3) is 1.00. The predicted molar refractivity (Wildman–Crippen MR) is 65.1 cm³/mol. The Morgan fingerprint density at radius 2 is 1.83 bits per heavy atom. The van der Waals surface area contributed by atoms with Crippen molar-refractivity contribution in [2.45, 2.75) is 49.9 Å². The predicted octanol–water partition coefficient (Wildman–Crippen LogP) is 3.37. The average Bonchev–Trinajstić information content (AvgIpc) is 1.94. The van der Waals surface area contributed by atoms with Crippen LogP contribution in [0.3, 0.4) is 0 Å². The molecule has 0 aliphatic rings. The van der Waals surface area contributed by atoms with Gasteiger partial charge in [0.25, 0.3) is 0 Å². The lowest BCUT2D eigenvalue weighted by Crippen LogP contribution is -2.23. The van der Waals surface area contributed by atoms with Gasteiger partial charge in [-0.1, -0.05) is 56.2 Å². The molecule has 0 heterocycles. The van der Waals surface area contributed by atoms with Crippen LogP contribution in [0.25, 0.3) is 0 Å². The second-order valence-electron chi connectivity index (χ2n) is 3.93. The van der Waals surface area contributed by atoms with E-state index in [-0.39, 0.29) is 0 Å². The second kappa shape index (κ2) is 7.13. The standard InChI is InChI=1S/C10H22IN/c1-4-5-6-8-12-9-7-10(2,3)11/h12H,4-9H2,1-3H3. The van der Waals surface area contributed by atoms with Crippen molar-refractivity contribution >= 4 is 22.6 Å². The molecular weight excluding hydrogens is 261 g/mol. The largest absolute Gasteiger partial charge is 0.317 e. The van der Waals surface area contributed by atoms with Gasteiger partial charge in [0.1, 0.15) is 0 Å². The van der Waals surface area contributed by atoms with Crippen LogP contribution in [0.1, 0.15) is 46.5 Å². The molecule has 0 atom stereocenters. The monoisotopic (exact) mass is 283 g/mol. The number of hydrogen-bond acceptors (Lipinski definition) is 1. The SMILES string of the molecule is CCCCCNCCC(C)(C)I. The van der Waals surface area contributed by atoms with Gasteiger partial charge in [-0.05, 0) is 25.9 Å². The van der Waals surface area contributed by atoms with Gasteiger partial charge in [0.05, 0.1) is 0 Å². The summed E-state index contributed by atoms with van der Waals surface area (Å²) in [4.78, 5) is 0. The smallest absolute Gasteiger partial charge is 0.0178 e. The number of halogens is 1. The number of nitrogens with one attached hydrogen (secondary N) is 1. The lowest BCUT2D eigenvalue weighted by atomic mass is 10.1. The Labute approximate surface area is 90.8 Å². The Morgan fingerprint density at radius 3 is 2.33 bits per heavy atom. The summed E-state index contributed by atoms with van der Waals surface area (Å²) >= 11 is 2.51. The van der Waals surface area contributed by atoms with Crippen LogP contribution in [0.15, 0.2) is 0 Å². The van der Waals surface area contributed by atoms with Crippen LogP contribution in [-0.4, -0.2) is 16.5 Å². The molecule has 0 radical (unpaired) electrons. The second-order valence-corrected chi connectivity index (χ2v) is 6.85. The van der Waals surface area contributed by atoms with Gasteiger partial charge in [0.15, 0.2) is 0 Å². The Hall–Kier alpha value is 0.690. The Bertz CT molecular complexity index is 96.5. The van der Waals surface area contributed by atoms with Gasteiger partial charge in [0, 0.05) is 3.42 Å². The van der Waals surface area contributed by atoms with Crippen LogP contribution in [0, 0.1) is 0 Å². The summed E-state index contributed by atoms with van der Waals surface area (Å²) < 4.78 is 0.454. The normalized spacial score (nSPS) is 12.0. The molecule has 0 saturated carbocycles. The molecule has 0 aromatic carbocycles. The van der Waals surface area contributed by atoms with E-state index in [1.54, 1.807) is 0 Å². The molecule has 0 aliphatic heterocycles. The molecular formula is C10H22IN. The Kier molecular flexibility index (Phi) is 7.54. The molecule has 74 valence electrons. The van der Waals surface area contributed by atoms with Crippen molar-refractivity contribution in [3.05, 3.63) is 0 Å². The summed E-state index contributed by atoms with van der Waals surface area (Å²) in [5.74, 6) is 0. The van der Waals surface area contributed by atoms with Gasteiger partial charge in [-0.25, -0.2) is 0 Å². The maximum Gasteiger partial charge on any atom is 0.0178 e. The summed E-state index contributed by atoms with van der Waals surface area (Å²) in [6.45, 7) is 9.16. The van der Waals surface area contributed by atoms with E-state index in [0.717, 1.165) is 0 Å². The summed E-state index contributed by atoms with van der Waals surface area (Å²) in [6.07, 6.45) is 5.28. The summed E-state index contributed by atoms with van der Waals surface area (Å²) in [7, 11) is 0. The third-order valence-corrected chi connectivity index (χ3v) is 2.39. The number of rotatable bonds is 7. The zero-order valence-electron chi connectivity index (χ0n) is 8.62. The molecule has 0 aromatic rings. The van der Waals surface area contributed by atoms with Crippen molar-refractivity contribution in [3.8, 4) is 0 Å². The highest BCUT2D eigenvalue weighted by molar-refractivity contribution is 14.1.